The third kappa shape index (κ3) is 3.94. The molecule has 2 fully saturated rings. The van der Waals surface area contributed by atoms with Gasteiger partial charge < -0.3 is 15.4 Å². The van der Waals surface area contributed by atoms with E-state index in [-0.39, 0.29) is 0 Å². The number of hydrogen-bond acceptors (Lipinski definition) is 3. The Labute approximate surface area is 106 Å². The normalized spacial score (nSPS) is 36.0. The number of nitrogens with two attached hydrogens (primary N) is 1. The van der Waals surface area contributed by atoms with Crippen LogP contribution in [0.3, 0.4) is 0 Å². The molecule has 3 heteroatoms. The predicted octanol–water partition coefficient (Wildman–Crippen LogP) is 2.00. The highest BCUT2D eigenvalue weighted by Gasteiger charge is 2.27. The van der Waals surface area contributed by atoms with Crippen molar-refractivity contribution in [3.63, 3.8) is 0 Å². The molecule has 0 radical (unpaired) electrons. The smallest absolute Gasteiger partial charge is 0.0702 e. The summed E-state index contributed by atoms with van der Waals surface area (Å²) in [6, 6.07) is 0.441. The summed E-state index contributed by atoms with van der Waals surface area (Å²) in [5.41, 5.74) is 6.23. The molecular weight excluding hydrogens is 212 g/mol. The topological polar surface area (TPSA) is 38.5 Å². The molecule has 1 saturated carbocycles. The summed E-state index contributed by atoms with van der Waals surface area (Å²) in [5, 5.41) is 0. The summed E-state index contributed by atoms with van der Waals surface area (Å²) in [4.78, 5) is 2.58. The number of nitrogens with zero attached hydrogens (tertiary/aromatic N) is 1. The Kier molecular flexibility index (Phi) is 5.26. The van der Waals surface area contributed by atoms with Crippen LogP contribution in [0.5, 0.6) is 0 Å². The van der Waals surface area contributed by atoms with Crippen molar-refractivity contribution in [3.8, 4) is 0 Å². The summed E-state index contributed by atoms with van der Waals surface area (Å²) in [5.74, 6) is 0.726. The van der Waals surface area contributed by atoms with Gasteiger partial charge in [0.25, 0.3) is 0 Å². The molecule has 0 aromatic heterocycles. The zero-order valence-electron chi connectivity index (χ0n) is 11.2. The molecule has 0 amide bonds. The van der Waals surface area contributed by atoms with Gasteiger partial charge >= 0.3 is 0 Å². The van der Waals surface area contributed by atoms with Gasteiger partial charge in [0.1, 0.15) is 0 Å². The molecule has 2 aliphatic rings. The molecule has 1 aliphatic carbocycles. The first-order valence-electron chi connectivity index (χ1n) is 7.39. The van der Waals surface area contributed by atoms with Gasteiger partial charge in [-0.3, -0.25) is 0 Å². The second-order valence-electron chi connectivity index (χ2n) is 5.69. The van der Waals surface area contributed by atoms with Crippen LogP contribution in [0.4, 0.5) is 0 Å². The minimum Gasteiger partial charge on any atom is -0.377 e. The Balaban J connectivity index is 1.77. The fraction of sp³-hybridized carbons (Fsp3) is 1.00. The zero-order valence-corrected chi connectivity index (χ0v) is 11.2. The molecular formula is C14H28N2O. The predicted molar refractivity (Wildman–Crippen MR) is 71.0 cm³/mol. The summed E-state index contributed by atoms with van der Waals surface area (Å²) in [6.45, 7) is 6.51. The van der Waals surface area contributed by atoms with Gasteiger partial charge in [-0.1, -0.05) is 12.8 Å². The van der Waals surface area contributed by atoms with Crippen LogP contribution >= 0.6 is 0 Å². The van der Waals surface area contributed by atoms with Crippen molar-refractivity contribution in [2.24, 2.45) is 11.7 Å². The Hall–Kier alpha value is -0.120. The molecule has 0 aromatic carbocycles. The van der Waals surface area contributed by atoms with E-state index < -0.39 is 0 Å². The fourth-order valence-electron chi connectivity index (χ4n) is 3.35. The molecule has 0 bridgehead atoms. The molecule has 17 heavy (non-hydrogen) atoms. The van der Waals surface area contributed by atoms with E-state index in [0.29, 0.717) is 12.1 Å². The van der Waals surface area contributed by atoms with E-state index >= 15 is 0 Å². The Bertz CT molecular complexity index is 220. The monoisotopic (exact) mass is 240 g/mol. The molecule has 3 atom stereocenters. The zero-order chi connectivity index (χ0) is 12.1. The van der Waals surface area contributed by atoms with Gasteiger partial charge in [0.2, 0.25) is 0 Å². The molecule has 1 heterocycles. The summed E-state index contributed by atoms with van der Waals surface area (Å²) < 4.78 is 5.76. The molecule has 3 unspecified atom stereocenters. The number of piperidine rings is 1. The summed E-state index contributed by atoms with van der Waals surface area (Å²) >= 11 is 0. The lowest BCUT2D eigenvalue weighted by molar-refractivity contribution is -0.000685. The quantitative estimate of drug-likeness (QED) is 0.817. The highest BCUT2D eigenvalue weighted by molar-refractivity contribution is 4.83. The lowest BCUT2D eigenvalue weighted by Gasteiger charge is -2.37. The van der Waals surface area contributed by atoms with E-state index in [1.165, 1.54) is 51.6 Å². The van der Waals surface area contributed by atoms with Gasteiger partial charge in [0.15, 0.2) is 0 Å². The first kappa shape index (κ1) is 13.3. The molecule has 3 nitrogen and oxygen atoms in total. The number of hydrogen-bond donors (Lipinski definition) is 1. The number of rotatable bonds is 4. The van der Waals surface area contributed by atoms with E-state index in [9.17, 15) is 0 Å². The van der Waals surface area contributed by atoms with Crippen molar-refractivity contribution >= 4 is 0 Å². The summed E-state index contributed by atoms with van der Waals surface area (Å²) in [7, 11) is 0. The van der Waals surface area contributed by atoms with Crippen molar-refractivity contribution in [2.75, 3.05) is 26.2 Å². The molecule has 0 spiro atoms. The maximum Gasteiger partial charge on any atom is 0.0702 e. The Morgan fingerprint density at radius 2 is 2.00 bits per heavy atom. The fourth-order valence-corrected chi connectivity index (χ4v) is 3.35. The lowest BCUT2D eigenvalue weighted by Crippen LogP contribution is -2.46. The second kappa shape index (κ2) is 6.72. The number of likely N-dealkylation sites (tertiary alicyclic amines) is 1. The first-order valence-corrected chi connectivity index (χ1v) is 7.39. The van der Waals surface area contributed by atoms with E-state index in [1.807, 2.05) is 0 Å². The molecule has 0 aromatic rings. The average molecular weight is 240 g/mol. The van der Waals surface area contributed by atoms with E-state index in [2.05, 4.69) is 11.8 Å². The van der Waals surface area contributed by atoms with Crippen LogP contribution in [0.2, 0.25) is 0 Å². The third-order valence-electron chi connectivity index (χ3n) is 4.33. The van der Waals surface area contributed by atoms with Crippen LogP contribution < -0.4 is 5.73 Å². The minimum absolute atomic E-state index is 0.441. The van der Waals surface area contributed by atoms with Crippen LogP contribution in [-0.2, 0) is 4.74 Å². The van der Waals surface area contributed by atoms with E-state index in [4.69, 9.17) is 10.5 Å². The summed E-state index contributed by atoms with van der Waals surface area (Å²) in [6.07, 6.45) is 8.26. The van der Waals surface area contributed by atoms with Crippen LogP contribution in [0.15, 0.2) is 0 Å². The third-order valence-corrected chi connectivity index (χ3v) is 4.33. The van der Waals surface area contributed by atoms with E-state index in [0.717, 1.165) is 19.1 Å². The molecule has 2 rings (SSSR count). The van der Waals surface area contributed by atoms with Gasteiger partial charge in [-0.25, -0.2) is 0 Å². The molecule has 1 saturated heterocycles. The lowest BCUT2D eigenvalue weighted by atomic mass is 9.84. The maximum absolute atomic E-state index is 6.23. The SMILES string of the molecule is CCOC1CCCN(CC2CCCCC2N)C1. The minimum atomic E-state index is 0.441. The maximum atomic E-state index is 6.23. The van der Waals surface area contributed by atoms with Gasteiger partial charge in [-0.2, -0.15) is 0 Å². The van der Waals surface area contributed by atoms with Gasteiger partial charge in [0.05, 0.1) is 6.10 Å². The number of ether oxygens (including phenoxy) is 1. The van der Waals surface area contributed by atoms with Gasteiger partial charge in [-0.15, -0.1) is 0 Å². The average Bonchev–Trinajstić information content (AvgIpc) is 2.33. The molecule has 1 aliphatic heterocycles. The standard InChI is InChI=1S/C14H28N2O/c1-2-17-13-7-5-9-16(11-13)10-12-6-3-4-8-14(12)15/h12-14H,2-11,15H2,1H3. The largest absolute Gasteiger partial charge is 0.377 e. The highest BCUT2D eigenvalue weighted by atomic mass is 16.5. The molecule has 2 N–H and O–H groups in total. The van der Waals surface area contributed by atoms with Crippen molar-refractivity contribution < 1.29 is 4.74 Å². The van der Waals surface area contributed by atoms with Crippen molar-refractivity contribution in [1.82, 2.24) is 4.90 Å². The van der Waals surface area contributed by atoms with Crippen LogP contribution in [0.1, 0.15) is 45.4 Å². The van der Waals surface area contributed by atoms with Gasteiger partial charge in [0, 0.05) is 25.7 Å². The Morgan fingerprint density at radius 3 is 2.76 bits per heavy atom. The van der Waals surface area contributed by atoms with Crippen LogP contribution in [-0.4, -0.2) is 43.3 Å². The van der Waals surface area contributed by atoms with Gasteiger partial charge in [-0.05, 0) is 45.1 Å². The second-order valence-corrected chi connectivity index (χ2v) is 5.69. The van der Waals surface area contributed by atoms with Crippen molar-refractivity contribution in [1.29, 1.82) is 0 Å². The van der Waals surface area contributed by atoms with E-state index in [1.54, 1.807) is 0 Å². The van der Waals surface area contributed by atoms with Crippen molar-refractivity contribution in [3.05, 3.63) is 0 Å². The Morgan fingerprint density at radius 1 is 1.18 bits per heavy atom. The van der Waals surface area contributed by atoms with Crippen LogP contribution in [0, 0.1) is 5.92 Å². The highest BCUT2D eigenvalue weighted by Crippen LogP contribution is 2.25. The molecule has 100 valence electrons. The van der Waals surface area contributed by atoms with Crippen LogP contribution in [0.25, 0.3) is 0 Å². The first-order chi connectivity index (χ1) is 8.29. The van der Waals surface area contributed by atoms with Crippen molar-refractivity contribution in [2.45, 2.75) is 57.6 Å².